The predicted octanol–water partition coefficient (Wildman–Crippen LogP) is 2.09. The lowest BCUT2D eigenvalue weighted by molar-refractivity contribution is -0.124. The average molecular weight is 429 g/mol. The SMILES string of the molecule is CN1CCN(c2ccc(CNC(=O)[C@@H](N)C(C)(C)C)cn2)CC1.Cl.Cl.Cl. The van der Waals surface area contributed by atoms with E-state index in [1.807, 2.05) is 39.1 Å². The molecule has 1 aromatic heterocycles. The van der Waals surface area contributed by atoms with Crippen LogP contribution in [0.1, 0.15) is 26.3 Å². The molecule has 1 atom stereocenters. The Balaban J connectivity index is 0. The van der Waals surface area contributed by atoms with E-state index in [1.54, 1.807) is 0 Å². The standard InChI is InChI=1S/C17H29N5O.3ClH/c1-17(2,3)15(18)16(23)20-12-13-5-6-14(19-11-13)22-9-7-21(4)8-10-22;;;/h5-6,11,15H,7-10,12,18H2,1-4H3,(H,20,23);3*1H/t15-;;;/m1.../s1. The topological polar surface area (TPSA) is 74.5 Å². The Morgan fingerprint density at radius 2 is 1.77 bits per heavy atom. The summed E-state index contributed by atoms with van der Waals surface area (Å²) >= 11 is 0. The van der Waals surface area contributed by atoms with E-state index in [1.165, 1.54) is 0 Å². The summed E-state index contributed by atoms with van der Waals surface area (Å²) in [4.78, 5) is 21.2. The lowest BCUT2D eigenvalue weighted by Crippen LogP contribution is -2.48. The molecular weight excluding hydrogens is 397 g/mol. The summed E-state index contributed by atoms with van der Waals surface area (Å²) in [6.07, 6.45) is 1.83. The van der Waals surface area contributed by atoms with Gasteiger partial charge < -0.3 is 20.9 Å². The van der Waals surface area contributed by atoms with E-state index in [2.05, 4.69) is 27.1 Å². The summed E-state index contributed by atoms with van der Waals surface area (Å²) in [7, 11) is 2.14. The molecule has 0 saturated carbocycles. The molecule has 1 saturated heterocycles. The molecular formula is C17H32Cl3N5O. The van der Waals surface area contributed by atoms with Crippen molar-refractivity contribution in [3.8, 4) is 0 Å². The molecule has 0 radical (unpaired) electrons. The van der Waals surface area contributed by atoms with Gasteiger partial charge in [-0.05, 0) is 24.1 Å². The Labute approximate surface area is 175 Å². The van der Waals surface area contributed by atoms with Crippen molar-refractivity contribution >= 4 is 48.9 Å². The fourth-order valence-electron chi connectivity index (χ4n) is 2.44. The summed E-state index contributed by atoms with van der Waals surface area (Å²) in [5, 5.41) is 2.89. The molecule has 0 unspecified atom stereocenters. The number of anilines is 1. The zero-order chi connectivity index (χ0) is 17.0. The third-order valence-corrected chi connectivity index (χ3v) is 4.32. The molecule has 26 heavy (non-hydrogen) atoms. The molecule has 6 nitrogen and oxygen atoms in total. The number of likely N-dealkylation sites (N-methyl/N-ethyl adjacent to an activating group) is 1. The van der Waals surface area contributed by atoms with Crippen LogP contribution >= 0.6 is 37.2 Å². The Morgan fingerprint density at radius 3 is 2.23 bits per heavy atom. The summed E-state index contributed by atoms with van der Waals surface area (Å²) < 4.78 is 0. The number of pyridine rings is 1. The third kappa shape index (κ3) is 7.84. The molecule has 0 aromatic carbocycles. The van der Waals surface area contributed by atoms with Gasteiger partial charge >= 0.3 is 0 Å². The number of amides is 1. The second kappa shape index (κ2) is 11.8. The highest BCUT2D eigenvalue weighted by Gasteiger charge is 2.27. The van der Waals surface area contributed by atoms with Crippen molar-refractivity contribution in [2.24, 2.45) is 11.1 Å². The Bertz CT molecular complexity index is 528. The molecule has 1 fully saturated rings. The van der Waals surface area contributed by atoms with Crippen LogP contribution in [-0.4, -0.2) is 55.1 Å². The number of rotatable bonds is 4. The number of piperazine rings is 1. The minimum absolute atomic E-state index is 0. The van der Waals surface area contributed by atoms with Crippen LogP contribution in [0.4, 0.5) is 5.82 Å². The quantitative estimate of drug-likeness (QED) is 0.768. The van der Waals surface area contributed by atoms with Gasteiger partial charge in [-0.15, -0.1) is 37.2 Å². The van der Waals surface area contributed by atoms with Crippen molar-refractivity contribution in [3.63, 3.8) is 0 Å². The zero-order valence-electron chi connectivity index (χ0n) is 15.9. The van der Waals surface area contributed by atoms with E-state index in [4.69, 9.17) is 5.73 Å². The van der Waals surface area contributed by atoms with Crippen molar-refractivity contribution in [2.75, 3.05) is 38.1 Å². The first-order valence-electron chi connectivity index (χ1n) is 8.19. The van der Waals surface area contributed by atoms with Gasteiger partial charge in [0.05, 0.1) is 6.04 Å². The van der Waals surface area contributed by atoms with Crippen molar-refractivity contribution < 1.29 is 4.79 Å². The molecule has 0 aliphatic carbocycles. The molecule has 0 bridgehead atoms. The van der Waals surface area contributed by atoms with E-state index in [-0.39, 0.29) is 48.5 Å². The Hall–Kier alpha value is -0.790. The molecule has 0 spiro atoms. The van der Waals surface area contributed by atoms with Gasteiger partial charge in [0.1, 0.15) is 5.82 Å². The number of aromatic nitrogens is 1. The van der Waals surface area contributed by atoms with Gasteiger partial charge in [-0.1, -0.05) is 26.8 Å². The molecule has 2 rings (SSSR count). The van der Waals surface area contributed by atoms with Crippen LogP contribution in [0.25, 0.3) is 0 Å². The van der Waals surface area contributed by atoms with Gasteiger partial charge in [-0.2, -0.15) is 0 Å². The van der Waals surface area contributed by atoms with Crippen molar-refractivity contribution in [3.05, 3.63) is 23.9 Å². The van der Waals surface area contributed by atoms with Gasteiger partial charge in [0, 0.05) is 38.9 Å². The summed E-state index contributed by atoms with van der Waals surface area (Å²) in [6, 6.07) is 3.53. The molecule has 1 aromatic rings. The first-order valence-corrected chi connectivity index (χ1v) is 8.19. The van der Waals surface area contributed by atoms with Gasteiger partial charge in [-0.25, -0.2) is 4.98 Å². The lowest BCUT2D eigenvalue weighted by Gasteiger charge is -2.33. The van der Waals surface area contributed by atoms with Gasteiger partial charge in [0.15, 0.2) is 0 Å². The van der Waals surface area contributed by atoms with Gasteiger partial charge in [-0.3, -0.25) is 4.79 Å². The first-order chi connectivity index (χ1) is 10.8. The van der Waals surface area contributed by atoms with E-state index in [9.17, 15) is 4.79 Å². The number of hydrogen-bond donors (Lipinski definition) is 2. The fourth-order valence-corrected chi connectivity index (χ4v) is 2.44. The van der Waals surface area contributed by atoms with Crippen LogP contribution in [0.5, 0.6) is 0 Å². The highest BCUT2D eigenvalue weighted by Crippen LogP contribution is 2.17. The van der Waals surface area contributed by atoms with Crippen LogP contribution < -0.4 is 16.0 Å². The highest BCUT2D eigenvalue weighted by molar-refractivity contribution is 5.86. The second-order valence-electron chi connectivity index (χ2n) is 7.38. The summed E-state index contributed by atoms with van der Waals surface area (Å²) in [5.74, 6) is 0.875. The largest absolute Gasteiger partial charge is 0.354 e. The van der Waals surface area contributed by atoms with Crippen LogP contribution in [-0.2, 0) is 11.3 Å². The predicted molar refractivity (Wildman–Crippen MR) is 115 cm³/mol. The third-order valence-electron chi connectivity index (χ3n) is 4.32. The maximum atomic E-state index is 12.0. The van der Waals surface area contributed by atoms with Crippen molar-refractivity contribution in [1.29, 1.82) is 0 Å². The minimum atomic E-state index is -0.514. The normalized spacial score (nSPS) is 15.8. The maximum Gasteiger partial charge on any atom is 0.237 e. The van der Waals surface area contributed by atoms with Gasteiger partial charge in [0.25, 0.3) is 0 Å². The van der Waals surface area contributed by atoms with Gasteiger partial charge in [0.2, 0.25) is 5.91 Å². The second-order valence-corrected chi connectivity index (χ2v) is 7.38. The monoisotopic (exact) mass is 427 g/mol. The Morgan fingerprint density at radius 1 is 1.19 bits per heavy atom. The van der Waals surface area contributed by atoms with Crippen LogP contribution in [0, 0.1) is 5.41 Å². The van der Waals surface area contributed by atoms with Crippen molar-refractivity contribution in [1.82, 2.24) is 15.2 Å². The van der Waals surface area contributed by atoms with E-state index in [0.717, 1.165) is 37.6 Å². The van der Waals surface area contributed by atoms with E-state index >= 15 is 0 Å². The van der Waals surface area contributed by atoms with Crippen LogP contribution in [0.15, 0.2) is 18.3 Å². The van der Waals surface area contributed by atoms with Crippen molar-refractivity contribution in [2.45, 2.75) is 33.4 Å². The van der Waals surface area contributed by atoms with Crippen LogP contribution in [0.3, 0.4) is 0 Å². The smallest absolute Gasteiger partial charge is 0.237 e. The number of hydrogen-bond acceptors (Lipinski definition) is 5. The molecule has 9 heteroatoms. The first kappa shape index (κ1) is 27.4. The Kier molecular flexibility index (Phi) is 12.5. The number of nitrogens with two attached hydrogens (primary N) is 1. The van der Waals surface area contributed by atoms with E-state index < -0.39 is 6.04 Å². The van der Waals surface area contributed by atoms with E-state index in [0.29, 0.717) is 6.54 Å². The average Bonchev–Trinajstić information content (AvgIpc) is 2.52. The molecule has 1 aliphatic rings. The number of carbonyl (C=O) groups is 1. The number of carbonyl (C=O) groups excluding carboxylic acids is 1. The minimum Gasteiger partial charge on any atom is -0.354 e. The zero-order valence-corrected chi connectivity index (χ0v) is 18.3. The fraction of sp³-hybridized carbons (Fsp3) is 0.647. The molecule has 2 heterocycles. The maximum absolute atomic E-state index is 12.0. The molecule has 152 valence electrons. The summed E-state index contributed by atoms with van der Waals surface area (Å²) in [6.45, 7) is 10.5. The number of nitrogens with one attached hydrogen (secondary N) is 1. The van der Waals surface area contributed by atoms with Crippen LogP contribution in [0.2, 0.25) is 0 Å². The molecule has 3 N–H and O–H groups in total. The highest BCUT2D eigenvalue weighted by atomic mass is 35.5. The lowest BCUT2D eigenvalue weighted by atomic mass is 9.87. The number of nitrogens with zero attached hydrogens (tertiary/aromatic N) is 3. The molecule has 1 aliphatic heterocycles. The number of halogens is 3. The summed E-state index contributed by atoms with van der Waals surface area (Å²) in [5.41, 5.74) is 6.69. The molecule has 1 amide bonds.